The minimum atomic E-state index is 0.0914. The third kappa shape index (κ3) is 2.92. The van der Waals surface area contributed by atoms with Crippen molar-refractivity contribution >= 4 is 18.2 Å². The molecule has 0 aliphatic heterocycles. The van der Waals surface area contributed by atoms with Crippen LogP contribution in [0.2, 0.25) is 0 Å². The standard InChI is InChI=1S/C18H22N2O/c1-18-12-6-5-11-15(18)16(18)17(21)20-19-13-7-10-14-8-3-2-4-9-14/h2-4,7-10,13,15-16H,5-6,11-12H2,1H3,(H,20,21). The van der Waals surface area contributed by atoms with Gasteiger partial charge in [0.15, 0.2) is 0 Å². The van der Waals surface area contributed by atoms with Crippen molar-refractivity contribution in [1.29, 1.82) is 0 Å². The van der Waals surface area contributed by atoms with Gasteiger partial charge in [-0.25, -0.2) is 5.43 Å². The molecule has 0 bridgehead atoms. The number of hydrazone groups is 1. The van der Waals surface area contributed by atoms with E-state index in [1.54, 1.807) is 6.21 Å². The van der Waals surface area contributed by atoms with E-state index in [-0.39, 0.29) is 17.2 Å². The highest BCUT2D eigenvalue weighted by Gasteiger charge is 2.64. The summed E-state index contributed by atoms with van der Waals surface area (Å²) >= 11 is 0. The van der Waals surface area contributed by atoms with Gasteiger partial charge in [0.2, 0.25) is 5.91 Å². The van der Waals surface area contributed by atoms with Gasteiger partial charge in [-0.2, -0.15) is 5.10 Å². The number of nitrogens with one attached hydrogen (secondary N) is 1. The van der Waals surface area contributed by atoms with Gasteiger partial charge in [-0.05, 0) is 35.8 Å². The van der Waals surface area contributed by atoms with Gasteiger partial charge in [0.1, 0.15) is 0 Å². The largest absolute Gasteiger partial charge is 0.273 e. The molecule has 1 aromatic rings. The van der Waals surface area contributed by atoms with Crippen molar-refractivity contribution in [2.45, 2.75) is 32.6 Å². The summed E-state index contributed by atoms with van der Waals surface area (Å²) in [5, 5.41) is 4.03. The first-order valence-electron chi connectivity index (χ1n) is 7.76. The van der Waals surface area contributed by atoms with Gasteiger partial charge in [-0.3, -0.25) is 4.79 Å². The Balaban J connectivity index is 1.48. The number of fused-ring (bicyclic) bond motifs is 1. The maximum Gasteiger partial charge on any atom is 0.244 e. The van der Waals surface area contributed by atoms with Gasteiger partial charge in [0, 0.05) is 12.1 Å². The molecule has 1 amide bonds. The number of nitrogens with zero attached hydrogens (tertiary/aromatic N) is 1. The Kier molecular flexibility index (Phi) is 3.91. The molecule has 2 saturated carbocycles. The summed E-state index contributed by atoms with van der Waals surface area (Å²) in [5.74, 6) is 0.852. The SMILES string of the molecule is CC12CCCCC1C2C(=O)NN=CC=Cc1ccccc1. The Morgan fingerprint density at radius 3 is 2.86 bits per heavy atom. The van der Waals surface area contributed by atoms with Crippen LogP contribution in [-0.2, 0) is 4.79 Å². The van der Waals surface area contributed by atoms with Gasteiger partial charge in [-0.15, -0.1) is 0 Å². The summed E-state index contributed by atoms with van der Waals surface area (Å²) in [6.07, 6.45) is 10.4. The molecule has 0 spiro atoms. The van der Waals surface area contributed by atoms with E-state index in [9.17, 15) is 4.79 Å². The van der Waals surface area contributed by atoms with Gasteiger partial charge < -0.3 is 0 Å². The second kappa shape index (κ2) is 5.84. The van der Waals surface area contributed by atoms with Crippen LogP contribution in [-0.4, -0.2) is 12.1 Å². The monoisotopic (exact) mass is 282 g/mol. The molecule has 1 N–H and O–H groups in total. The third-order valence-corrected chi connectivity index (χ3v) is 5.04. The lowest BCUT2D eigenvalue weighted by Crippen LogP contribution is -2.22. The number of hydrogen-bond donors (Lipinski definition) is 1. The molecule has 0 saturated heterocycles. The van der Waals surface area contributed by atoms with Crippen molar-refractivity contribution in [3.63, 3.8) is 0 Å². The quantitative estimate of drug-likeness (QED) is 0.665. The molecule has 21 heavy (non-hydrogen) atoms. The molecular formula is C18H22N2O. The topological polar surface area (TPSA) is 41.5 Å². The average molecular weight is 282 g/mol. The summed E-state index contributed by atoms with van der Waals surface area (Å²) in [4.78, 5) is 12.2. The fraction of sp³-hybridized carbons (Fsp3) is 0.444. The first kappa shape index (κ1) is 14.1. The van der Waals surface area contributed by atoms with Crippen molar-refractivity contribution in [1.82, 2.24) is 5.43 Å². The van der Waals surface area contributed by atoms with Crippen molar-refractivity contribution in [2.75, 3.05) is 0 Å². The third-order valence-electron chi connectivity index (χ3n) is 5.04. The molecular weight excluding hydrogens is 260 g/mol. The predicted octanol–water partition coefficient (Wildman–Crippen LogP) is 3.63. The number of benzene rings is 1. The molecule has 1 aromatic carbocycles. The van der Waals surface area contributed by atoms with E-state index < -0.39 is 0 Å². The highest BCUT2D eigenvalue weighted by molar-refractivity contribution is 5.85. The number of amides is 1. The maximum atomic E-state index is 12.2. The summed E-state index contributed by atoms with van der Waals surface area (Å²) in [6.45, 7) is 2.25. The predicted molar refractivity (Wildman–Crippen MR) is 85.7 cm³/mol. The van der Waals surface area contributed by atoms with E-state index in [4.69, 9.17) is 0 Å². The van der Waals surface area contributed by atoms with E-state index in [0.29, 0.717) is 5.92 Å². The fourth-order valence-corrected chi connectivity index (χ4v) is 3.78. The lowest BCUT2D eigenvalue weighted by Gasteiger charge is -2.15. The second-order valence-corrected chi connectivity index (χ2v) is 6.36. The number of rotatable bonds is 4. The molecule has 110 valence electrons. The molecule has 2 aliphatic rings. The van der Waals surface area contributed by atoms with Gasteiger partial charge in [0.25, 0.3) is 0 Å². The highest BCUT2D eigenvalue weighted by atomic mass is 16.2. The van der Waals surface area contributed by atoms with Gasteiger partial charge in [-0.1, -0.05) is 56.2 Å². The lowest BCUT2D eigenvalue weighted by atomic mass is 9.90. The smallest absolute Gasteiger partial charge is 0.244 e. The molecule has 3 atom stereocenters. The lowest BCUT2D eigenvalue weighted by molar-refractivity contribution is -0.123. The van der Waals surface area contributed by atoms with Crippen LogP contribution in [0.1, 0.15) is 38.2 Å². The normalized spacial score (nSPS) is 31.3. The molecule has 2 aliphatic carbocycles. The second-order valence-electron chi connectivity index (χ2n) is 6.36. The zero-order valence-electron chi connectivity index (χ0n) is 12.5. The van der Waals surface area contributed by atoms with E-state index in [1.807, 2.05) is 42.5 Å². The van der Waals surface area contributed by atoms with Crippen LogP contribution < -0.4 is 5.43 Å². The van der Waals surface area contributed by atoms with Crippen LogP contribution in [0.15, 0.2) is 41.5 Å². The molecule has 3 heteroatoms. The minimum absolute atomic E-state index is 0.0914. The minimum Gasteiger partial charge on any atom is -0.273 e. The molecule has 0 aromatic heterocycles. The first-order chi connectivity index (χ1) is 10.2. The summed E-state index contributed by atoms with van der Waals surface area (Å²) in [7, 11) is 0. The van der Waals surface area contributed by atoms with Crippen LogP contribution in [0.5, 0.6) is 0 Å². The van der Waals surface area contributed by atoms with Crippen molar-refractivity contribution in [2.24, 2.45) is 22.4 Å². The van der Waals surface area contributed by atoms with Crippen LogP contribution in [0, 0.1) is 17.3 Å². The Labute approximate surface area is 126 Å². The fourth-order valence-electron chi connectivity index (χ4n) is 3.78. The zero-order valence-corrected chi connectivity index (χ0v) is 12.5. The van der Waals surface area contributed by atoms with E-state index >= 15 is 0 Å². The molecule has 0 radical (unpaired) electrons. The molecule has 3 unspecified atom stereocenters. The van der Waals surface area contributed by atoms with Crippen molar-refractivity contribution in [3.05, 3.63) is 42.0 Å². The van der Waals surface area contributed by atoms with E-state index in [0.717, 1.165) is 5.56 Å². The van der Waals surface area contributed by atoms with Crippen molar-refractivity contribution in [3.8, 4) is 0 Å². The number of carbonyl (C=O) groups is 1. The van der Waals surface area contributed by atoms with E-state index in [1.165, 1.54) is 25.7 Å². The Bertz CT molecular complexity index is 564. The van der Waals surface area contributed by atoms with Crippen LogP contribution in [0.3, 0.4) is 0 Å². The summed E-state index contributed by atoms with van der Waals surface area (Å²) in [5.41, 5.74) is 4.06. The number of carbonyl (C=O) groups excluding carboxylic acids is 1. The van der Waals surface area contributed by atoms with Crippen LogP contribution in [0.4, 0.5) is 0 Å². The van der Waals surface area contributed by atoms with Gasteiger partial charge >= 0.3 is 0 Å². The first-order valence-corrected chi connectivity index (χ1v) is 7.76. The maximum absolute atomic E-state index is 12.2. The summed E-state index contributed by atoms with van der Waals surface area (Å²) < 4.78 is 0. The average Bonchev–Trinajstić information content (AvgIpc) is 3.13. The van der Waals surface area contributed by atoms with Gasteiger partial charge in [0.05, 0.1) is 0 Å². The molecule has 0 heterocycles. The van der Waals surface area contributed by atoms with Crippen LogP contribution in [0.25, 0.3) is 6.08 Å². The molecule has 3 rings (SSSR count). The van der Waals surface area contributed by atoms with E-state index in [2.05, 4.69) is 17.5 Å². The number of allylic oxidation sites excluding steroid dienone is 1. The Morgan fingerprint density at radius 2 is 2.14 bits per heavy atom. The number of hydrogen-bond acceptors (Lipinski definition) is 2. The van der Waals surface area contributed by atoms with Crippen molar-refractivity contribution < 1.29 is 4.79 Å². The Morgan fingerprint density at radius 1 is 1.33 bits per heavy atom. The highest BCUT2D eigenvalue weighted by Crippen LogP contribution is 2.66. The van der Waals surface area contributed by atoms with Crippen LogP contribution >= 0.6 is 0 Å². The molecule has 2 fully saturated rings. The summed E-state index contributed by atoms with van der Waals surface area (Å²) in [6, 6.07) is 10.0. The zero-order chi connectivity index (χ0) is 14.7. The molecule has 3 nitrogen and oxygen atoms in total. The Hall–Kier alpha value is -1.90.